The fraction of sp³-hybridized carbons (Fsp3) is 0.375. The average Bonchev–Trinajstić information content (AvgIpc) is 2.29. The molecule has 0 radical (unpaired) electrons. The van der Waals surface area contributed by atoms with Crippen molar-refractivity contribution >= 4 is 29.1 Å². The molecule has 1 heterocycles. The largest absolute Gasteiger partial charge is 0.346 e. The Balaban J connectivity index is 2.75. The topological polar surface area (TPSA) is 54.9 Å². The normalized spacial score (nSPS) is 11.7. The third kappa shape index (κ3) is 3.67. The van der Waals surface area contributed by atoms with E-state index in [1.807, 2.05) is 0 Å². The molecule has 10 heteroatoms. The molecular formula is C8H5Cl2F4N3O. The number of nitrogens with zero attached hydrogens (tertiary/aromatic N) is 2. The number of rotatable bonds is 4. The lowest BCUT2D eigenvalue weighted by Gasteiger charge is -2.15. The van der Waals surface area contributed by atoms with E-state index in [1.54, 1.807) is 5.32 Å². The Labute approximate surface area is 108 Å². The van der Waals surface area contributed by atoms with Gasteiger partial charge in [0.25, 0.3) is 5.91 Å². The summed E-state index contributed by atoms with van der Waals surface area (Å²) in [5.41, 5.74) is -0.332. The smallest absolute Gasteiger partial charge is 0.324 e. The first-order valence-electron chi connectivity index (χ1n) is 4.37. The summed E-state index contributed by atoms with van der Waals surface area (Å²) in [5, 5.41) is 7.60. The molecular weight excluding hydrogens is 301 g/mol. The van der Waals surface area contributed by atoms with Gasteiger partial charge in [0.15, 0.2) is 10.3 Å². The zero-order chi connectivity index (χ0) is 13.9. The van der Waals surface area contributed by atoms with E-state index < -0.39 is 24.8 Å². The van der Waals surface area contributed by atoms with Crippen molar-refractivity contribution in [1.29, 1.82) is 0 Å². The number of hydrogen-bond acceptors (Lipinski definition) is 3. The molecule has 0 spiro atoms. The number of halogens is 6. The van der Waals surface area contributed by atoms with Crippen LogP contribution >= 0.6 is 23.2 Å². The number of nitrogens with one attached hydrogen (secondary N) is 1. The van der Waals surface area contributed by atoms with Gasteiger partial charge in [0, 0.05) is 0 Å². The van der Waals surface area contributed by atoms with E-state index in [-0.39, 0.29) is 15.9 Å². The van der Waals surface area contributed by atoms with E-state index in [9.17, 15) is 22.4 Å². The second-order valence-corrected chi connectivity index (χ2v) is 3.86. The molecule has 0 bridgehead atoms. The van der Waals surface area contributed by atoms with Crippen LogP contribution in [0.4, 0.5) is 17.6 Å². The Morgan fingerprint density at radius 2 is 2.00 bits per heavy atom. The van der Waals surface area contributed by atoms with Crippen molar-refractivity contribution in [2.75, 3.05) is 6.54 Å². The van der Waals surface area contributed by atoms with Crippen molar-refractivity contribution < 1.29 is 22.4 Å². The summed E-state index contributed by atoms with van der Waals surface area (Å²) in [7, 11) is 0. The molecule has 1 rings (SSSR count). The first-order chi connectivity index (χ1) is 8.24. The maximum atomic E-state index is 12.6. The van der Waals surface area contributed by atoms with Gasteiger partial charge in [-0.3, -0.25) is 4.79 Å². The highest BCUT2D eigenvalue weighted by Gasteiger charge is 2.41. The van der Waals surface area contributed by atoms with Crippen molar-refractivity contribution in [1.82, 2.24) is 15.5 Å². The van der Waals surface area contributed by atoms with Gasteiger partial charge in [0.05, 0.1) is 12.1 Å². The zero-order valence-electron chi connectivity index (χ0n) is 8.43. The Morgan fingerprint density at radius 3 is 2.56 bits per heavy atom. The maximum absolute atomic E-state index is 12.6. The molecule has 0 aromatic carbocycles. The molecule has 18 heavy (non-hydrogen) atoms. The minimum Gasteiger partial charge on any atom is -0.346 e. The van der Waals surface area contributed by atoms with Gasteiger partial charge in [-0.25, -0.2) is 8.78 Å². The molecule has 0 saturated carbocycles. The van der Waals surface area contributed by atoms with Crippen LogP contribution in [0.2, 0.25) is 10.3 Å². The molecule has 1 amide bonds. The van der Waals surface area contributed by atoms with Crippen LogP contribution in [0.5, 0.6) is 0 Å². The van der Waals surface area contributed by atoms with Crippen LogP contribution in [0.3, 0.4) is 0 Å². The summed E-state index contributed by atoms with van der Waals surface area (Å²) in [4.78, 5) is 11.4. The highest BCUT2D eigenvalue weighted by Crippen LogP contribution is 2.22. The van der Waals surface area contributed by atoms with Gasteiger partial charge < -0.3 is 5.32 Å². The average molecular weight is 306 g/mol. The van der Waals surface area contributed by atoms with Gasteiger partial charge in [-0.15, -0.1) is 10.2 Å². The summed E-state index contributed by atoms with van der Waals surface area (Å²) in [6.07, 6.45) is -3.88. The summed E-state index contributed by atoms with van der Waals surface area (Å²) in [6, 6.07) is 0.979. The minimum absolute atomic E-state index is 0.190. The predicted octanol–water partition coefficient (Wildman–Crippen LogP) is 2.41. The maximum Gasteiger partial charge on any atom is 0.324 e. The molecule has 0 aliphatic heterocycles. The molecule has 4 nitrogen and oxygen atoms in total. The fourth-order valence-corrected chi connectivity index (χ4v) is 1.21. The first-order valence-corrected chi connectivity index (χ1v) is 5.12. The lowest BCUT2D eigenvalue weighted by molar-refractivity contribution is -0.123. The number of aromatic nitrogens is 2. The van der Waals surface area contributed by atoms with Crippen molar-refractivity contribution in [3.8, 4) is 0 Å². The fourth-order valence-electron chi connectivity index (χ4n) is 0.883. The second-order valence-electron chi connectivity index (χ2n) is 3.12. The predicted molar refractivity (Wildman–Crippen MR) is 55.3 cm³/mol. The Kier molecular flexibility index (Phi) is 4.69. The molecule has 0 aliphatic carbocycles. The van der Waals surface area contributed by atoms with Crippen LogP contribution < -0.4 is 5.32 Å². The van der Waals surface area contributed by atoms with E-state index >= 15 is 0 Å². The zero-order valence-corrected chi connectivity index (χ0v) is 9.94. The molecule has 0 saturated heterocycles. The Hall–Kier alpha value is -1.15. The van der Waals surface area contributed by atoms with Gasteiger partial charge in [-0.05, 0) is 6.07 Å². The van der Waals surface area contributed by atoms with E-state index in [0.717, 1.165) is 6.07 Å². The van der Waals surface area contributed by atoms with Crippen LogP contribution in [0.15, 0.2) is 6.07 Å². The number of carbonyl (C=O) groups excluding carboxylic acids is 1. The van der Waals surface area contributed by atoms with Crippen molar-refractivity contribution in [3.05, 3.63) is 21.9 Å². The number of hydrogen-bond donors (Lipinski definition) is 1. The SMILES string of the molecule is O=C(NCC(F)(F)C(F)F)c1cc(Cl)nnc1Cl. The Morgan fingerprint density at radius 1 is 1.39 bits per heavy atom. The standard InChI is InChI=1S/C8H5Cl2F4N3O/c9-4-1-3(5(10)17-16-4)6(18)15-2-8(13,14)7(11)12/h1,7H,2H2,(H,15,18). The van der Waals surface area contributed by atoms with E-state index in [1.165, 1.54) is 0 Å². The molecule has 1 aromatic heterocycles. The molecule has 1 aromatic rings. The van der Waals surface area contributed by atoms with Gasteiger partial charge in [-0.2, -0.15) is 8.78 Å². The lowest BCUT2D eigenvalue weighted by Crippen LogP contribution is -2.41. The van der Waals surface area contributed by atoms with Crippen LogP contribution in [0.25, 0.3) is 0 Å². The summed E-state index contributed by atoms with van der Waals surface area (Å²) >= 11 is 10.9. The molecule has 100 valence electrons. The highest BCUT2D eigenvalue weighted by molar-refractivity contribution is 6.34. The van der Waals surface area contributed by atoms with Crippen LogP contribution in [0, 0.1) is 0 Å². The van der Waals surface area contributed by atoms with Crippen LogP contribution in [-0.4, -0.2) is 35.0 Å². The second kappa shape index (κ2) is 5.66. The van der Waals surface area contributed by atoms with E-state index in [2.05, 4.69) is 10.2 Å². The van der Waals surface area contributed by atoms with Gasteiger partial charge in [0.2, 0.25) is 0 Å². The van der Waals surface area contributed by atoms with E-state index in [0.29, 0.717) is 0 Å². The summed E-state index contributed by atoms with van der Waals surface area (Å²) in [6.45, 7) is -1.53. The summed E-state index contributed by atoms with van der Waals surface area (Å²) in [5.74, 6) is -5.43. The van der Waals surface area contributed by atoms with Crippen molar-refractivity contribution in [2.45, 2.75) is 12.3 Å². The van der Waals surface area contributed by atoms with Crippen molar-refractivity contribution in [2.24, 2.45) is 0 Å². The van der Waals surface area contributed by atoms with Crippen LogP contribution in [-0.2, 0) is 0 Å². The van der Waals surface area contributed by atoms with Crippen molar-refractivity contribution in [3.63, 3.8) is 0 Å². The molecule has 0 aliphatic rings. The molecule has 1 N–H and O–H groups in total. The third-order valence-electron chi connectivity index (χ3n) is 1.77. The molecule has 0 fully saturated rings. The van der Waals surface area contributed by atoms with Crippen LogP contribution in [0.1, 0.15) is 10.4 Å². The Bertz CT molecular complexity index is 458. The van der Waals surface area contributed by atoms with E-state index in [4.69, 9.17) is 23.2 Å². The quantitative estimate of drug-likeness (QED) is 0.869. The van der Waals surface area contributed by atoms with Gasteiger partial charge >= 0.3 is 12.3 Å². The number of carbonyl (C=O) groups is 1. The third-order valence-corrected chi connectivity index (χ3v) is 2.23. The number of alkyl halides is 4. The molecule has 0 atom stereocenters. The summed E-state index contributed by atoms with van der Waals surface area (Å²) < 4.78 is 48.8. The molecule has 0 unspecified atom stereocenters. The van der Waals surface area contributed by atoms with Gasteiger partial charge in [0.1, 0.15) is 0 Å². The lowest BCUT2D eigenvalue weighted by atomic mass is 10.2. The highest BCUT2D eigenvalue weighted by atomic mass is 35.5. The minimum atomic E-state index is -4.33. The number of amides is 1. The monoisotopic (exact) mass is 305 g/mol. The van der Waals surface area contributed by atoms with Gasteiger partial charge in [-0.1, -0.05) is 23.2 Å². The first kappa shape index (κ1) is 14.9.